The number of carbonyl (C=O) groups is 2. The van der Waals surface area contributed by atoms with Gasteiger partial charge in [0, 0.05) is 11.3 Å². The second-order valence-electron chi connectivity index (χ2n) is 10.3. The third kappa shape index (κ3) is 6.47. The number of thioether (sulfide) groups is 1. The highest BCUT2D eigenvalue weighted by Gasteiger charge is 2.48. The molecule has 0 saturated carbocycles. The smallest absolute Gasteiger partial charge is 0.301 e. The summed E-state index contributed by atoms with van der Waals surface area (Å²) in [5.74, 6) is -0.0683. The van der Waals surface area contributed by atoms with Crippen LogP contribution in [0.1, 0.15) is 33.9 Å². The van der Waals surface area contributed by atoms with Crippen molar-refractivity contribution in [3.05, 3.63) is 137 Å². The molecule has 1 amide bonds. The van der Waals surface area contributed by atoms with Crippen molar-refractivity contribution in [3.63, 3.8) is 0 Å². The van der Waals surface area contributed by atoms with Gasteiger partial charge >= 0.3 is 5.91 Å². The highest BCUT2D eigenvalue weighted by atomic mass is 32.2. The van der Waals surface area contributed by atoms with Crippen molar-refractivity contribution in [2.75, 3.05) is 12.0 Å². The molecule has 0 radical (unpaired) electrons. The molecule has 1 aromatic heterocycles. The van der Waals surface area contributed by atoms with Gasteiger partial charge in [0.2, 0.25) is 5.13 Å². The molecule has 0 bridgehead atoms. The zero-order chi connectivity index (χ0) is 31.3. The van der Waals surface area contributed by atoms with Crippen molar-refractivity contribution in [2.24, 2.45) is 0 Å². The summed E-state index contributed by atoms with van der Waals surface area (Å²) in [5.41, 5.74) is 4.24. The lowest BCUT2D eigenvalue weighted by Crippen LogP contribution is -2.29. The van der Waals surface area contributed by atoms with E-state index in [0.29, 0.717) is 39.3 Å². The van der Waals surface area contributed by atoms with Crippen LogP contribution in [0.4, 0.5) is 5.13 Å². The number of carbonyl (C=O) groups excluding carboxylic acids is 2. The number of rotatable bonds is 10. The molecule has 10 heteroatoms. The maximum absolute atomic E-state index is 13.6. The second-order valence-corrected chi connectivity index (χ2v) is 12.5. The average Bonchev–Trinajstić information content (AvgIpc) is 3.65. The van der Waals surface area contributed by atoms with Gasteiger partial charge in [0.25, 0.3) is 5.78 Å². The third-order valence-corrected chi connectivity index (χ3v) is 9.57. The van der Waals surface area contributed by atoms with Crippen molar-refractivity contribution in [3.8, 4) is 11.5 Å². The number of aromatic nitrogens is 2. The predicted molar refractivity (Wildman–Crippen MR) is 176 cm³/mol. The Balaban J connectivity index is 1.32. The van der Waals surface area contributed by atoms with Gasteiger partial charge < -0.3 is 14.6 Å². The number of aryl methyl sites for hydroxylation is 1. The molecule has 2 heterocycles. The van der Waals surface area contributed by atoms with Gasteiger partial charge in [-0.15, -0.1) is 10.2 Å². The maximum Gasteiger partial charge on any atom is 0.301 e. The standard InChI is InChI=1S/C35H29N3O5S2/c1-22-9-6-7-12-26(22)20-43-27-17-15-24(16-18-27)31(39)29-30(25-13-8-14-28(19-25)42-2)38(33(41)32(29)40)34-36-37-35(45-34)44-21-23-10-4-3-5-11-23/h3-19,30,39H,20-21H2,1-2H3. The number of ketones is 1. The topological polar surface area (TPSA) is 102 Å². The van der Waals surface area contributed by atoms with Gasteiger partial charge in [-0.3, -0.25) is 14.5 Å². The van der Waals surface area contributed by atoms with Crippen LogP contribution in [0.15, 0.2) is 113 Å². The number of Topliss-reactive ketones (excluding diaryl/α,β-unsaturated/α-hetero) is 1. The number of methoxy groups -OCH3 is 1. The quantitative estimate of drug-likeness (QED) is 0.0559. The number of hydrogen-bond donors (Lipinski definition) is 1. The average molecular weight is 636 g/mol. The van der Waals surface area contributed by atoms with E-state index in [1.54, 1.807) is 55.6 Å². The fourth-order valence-corrected chi connectivity index (χ4v) is 6.86. The Morgan fingerprint density at radius 2 is 1.67 bits per heavy atom. The van der Waals surface area contributed by atoms with E-state index in [2.05, 4.69) is 10.2 Å². The van der Waals surface area contributed by atoms with E-state index in [4.69, 9.17) is 9.47 Å². The minimum absolute atomic E-state index is 0.0458. The first kappa shape index (κ1) is 30.1. The van der Waals surface area contributed by atoms with E-state index in [-0.39, 0.29) is 16.5 Å². The van der Waals surface area contributed by atoms with E-state index < -0.39 is 17.7 Å². The number of anilines is 1. The minimum atomic E-state index is -0.947. The Morgan fingerprint density at radius 3 is 2.42 bits per heavy atom. The molecular formula is C35H29N3O5S2. The number of hydrogen-bond acceptors (Lipinski definition) is 9. The van der Waals surface area contributed by atoms with E-state index >= 15 is 0 Å². The van der Waals surface area contributed by atoms with Crippen LogP contribution in [0.2, 0.25) is 0 Å². The zero-order valence-electron chi connectivity index (χ0n) is 24.5. The molecule has 1 saturated heterocycles. The summed E-state index contributed by atoms with van der Waals surface area (Å²) >= 11 is 2.72. The van der Waals surface area contributed by atoms with Crippen LogP contribution in [0, 0.1) is 6.92 Å². The van der Waals surface area contributed by atoms with Gasteiger partial charge in [-0.05, 0) is 65.6 Å². The monoisotopic (exact) mass is 635 g/mol. The highest BCUT2D eigenvalue weighted by Crippen LogP contribution is 2.44. The summed E-state index contributed by atoms with van der Waals surface area (Å²) in [4.78, 5) is 28.5. The number of nitrogens with zero attached hydrogens (tertiary/aromatic N) is 3. The zero-order valence-corrected chi connectivity index (χ0v) is 26.2. The van der Waals surface area contributed by atoms with Crippen molar-refractivity contribution in [2.45, 2.75) is 29.7 Å². The van der Waals surface area contributed by atoms with Crippen LogP contribution in [-0.2, 0) is 21.9 Å². The van der Waals surface area contributed by atoms with Gasteiger partial charge in [0.15, 0.2) is 4.34 Å². The number of aliphatic hydroxyl groups is 1. The van der Waals surface area contributed by atoms with Gasteiger partial charge in [-0.1, -0.05) is 89.8 Å². The fourth-order valence-electron chi connectivity index (χ4n) is 5.03. The summed E-state index contributed by atoms with van der Waals surface area (Å²) in [5, 5.41) is 20.4. The first-order chi connectivity index (χ1) is 21.9. The van der Waals surface area contributed by atoms with Crippen molar-refractivity contribution >= 4 is 45.7 Å². The molecule has 0 aliphatic carbocycles. The summed E-state index contributed by atoms with van der Waals surface area (Å²) in [6.45, 7) is 2.42. The van der Waals surface area contributed by atoms with E-state index in [0.717, 1.165) is 16.7 Å². The van der Waals surface area contributed by atoms with Crippen LogP contribution < -0.4 is 14.4 Å². The molecule has 1 N–H and O–H groups in total. The molecule has 4 aromatic carbocycles. The van der Waals surface area contributed by atoms with E-state index in [9.17, 15) is 14.7 Å². The van der Waals surface area contributed by atoms with Crippen molar-refractivity contribution < 1.29 is 24.2 Å². The molecule has 8 nitrogen and oxygen atoms in total. The van der Waals surface area contributed by atoms with Crippen molar-refractivity contribution in [1.82, 2.24) is 10.2 Å². The predicted octanol–water partition coefficient (Wildman–Crippen LogP) is 7.35. The lowest BCUT2D eigenvalue weighted by Gasteiger charge is -2.23. The van der Waals surface area contributed by atoms with Gasteiger partial charge in [0.1, 0.15) is 23.9 Å². The maximum atomic E-state index is 13.6. The van der Waals surface area contributed by atoms with Crippen LogP contribution in [-0.4, -0.2) is 34.1 Å². The van der Waals surface area contributed by atoms with Crippen LogP contribution in [0.5, 0.6) is 11.5 Å². The third-order valence-electron chi connectivity index (χ3n) is 7.44. The summed E-state index contributed by atoms with van der Waals surface area (Å²) < 4.78 is 12.0. The minimum Gasteiger partial charge on any atom is -0.507 e. The molecule has 45 heavy (non-hydrogen) atoms. The first-order valence-electron chi connectivity index (χ1n) is 14.2. The Labute approximate surface area is 269 Å². The Morgan fingerprint density at radius 1 is 0.911 bits per heavy atom. The largest absolute Gasteiger partial charge is 0.507 e. The van der Waals surface area contributed by atoms with Gasteiger partial charge in [-0.2, -0.15) is 0 Å². The number of benzene rings is 4. The van der Waals surface area contributed by atoms with Crippen LogP contribution >= 0.6 is 23.1 Å². The SMILES string of the molecule is COc1cccc(C2C(=C(O)c3ccc(OCc4ccccc4C)cc3)C(=O)C(=O)N2c2nnc(SCc3ccccc3)s2)c1. The van der Waals surface area contributed by atoms with Gasteiger partial charge in [-0.25, -0.2) is 0 Å². The Hall–Kier alpha value is -4.93. The first-order valence-corrected chi connectivity index (χ1v) is 16.0. The van der Waals surface area contributed by atoms with E-state index in [1.165, 1.54) is 28.0 Å². The molecule has 226 valence electrons. The number of amides is 1. The summed E-state index contributed by atoms with van der Waals surface area (Å²) in [6, 6.07) is 30.9. The molecule has 1 aliphatic heterocycles. The molecular weight excluding hydrogens is 607 g/mol. The van der Waals surface area contributed by atoms with Crippen molar-refractivity contribution in [1.29, 1.82) is 0 Å². The normalized spacial score (nSPS) is 15.8. The molecule has 5 aromatic rings. The Bertz CT molecular complexity index is 1870. The Kier molecular flexibility index (Phi) is 8.95. The lowest BCUT2D eigenvalue weighted by atomic mass is 9.95. The second kappa shape index (κ2) is 13.4. The highest BCUT2D eigenvalue weighted by molar-refractivity contribution is 8.00. The van der Waals surface area contributed by atoms with Crippen LogP contribution in [0.25, 0.3) is 5.76 Å². The fraction of sp³-hybridized carbons (Fsp3) is 0.143. The summed E-state index contributed by atoms with van der Waals surface area (Å²) in [6.07, 6.45) is 0. The molecule has 0 spiro atoms. The number of aliphatic hydroxyl groups excluding tert-OH is 1. The molecule has 1 atom stereocenters. The molecule has 6 rings (SSSR count). The summed E-state index contributed by atoms with van der Waals surface area (Å²) in [7, 11) is 1.54. The number of ether oxygens (including phenoxy) is 2. The van der Waals surface area contributed by atoms with Gasteiger partial charge in [0.05, 0.1) is 18.7 Å². The van der Waals surface area contributed by atoms with E-state index in [1.807, 2.05) is 61.5 Å². The molecule has 1 unspecified atom stereocenters. The van der Waals surface area contributed by atoms with Crippen LogP contribution in [0.3, 0.4) is 0 Å². The molecule has 1 fully saturated rings. The molecule has 1 aliphatic rings. The lowest BCUT2D eigenvalue weighted by molar-refractivity contribution is -0.132.